The van der Waals surface area contributed by atoms with Crippen molar-refractivity contribution in [2.45, 2.75) is 41.9 Å². The van der Waals surface area contributed by atoms with Crippen molar-refractivity contribution in [1.82, 2.24) is 4.90 Å². The summed E-state index contributed by atoms with van der Waals surface area (Å²) < 4.78 is 19.3. The van der Waals surface area contributed by atoms with Gasteiger partial charge >= 0.3 is 0 Å². The molecule has 4 amide bonds. The Morgan fingerprint density at radius 3 is 2.31 bits per heavy atom. The molecule has 2 saturated heterocycles. The topological polar surface area (TPSA) is 104 Å². The van der Waals surface area contributed by atoms with Crippen LogP contribution in [-0.4, -0.2) is 63.1 Å². The van der Waals surface area contributed by atoms with E-state index in [1.165, 1.54) is 17.0 Å². The lowest BCUT2D eigenvalue weighted by molar-refractivity contribution is -0.140. The summed E-state index contributed by atoms with van der Waals surface area (Å²) in [5, 5.41) is 9.12. The molecule has 2 aromatic rings. The van der Waals surface area contributed by atoms with Crippen molar-refractivity contribution in [3.05, 3.63) is 71.6 Å². The van der Waals surface area contributed by atoms with Crippen LogP contribution in [0.15, 0.2) is 60.2 Å². The van der Waals surface area contributed by atoms with Crippen LogP contribution >= 0.6 is 23.2 Å². The number of nitrogens with zero attached hydrogens (tertiary/aromatic N) is 2. The van der Waals surface area contributed by atoms with Crippen LogP contribution in [0.25, 0.3) is 0 Å². The van der Waals surface area contributed by atoms with Gasteiger partial charge in [0.1, 0.15) is 18.2 Å². The Morgan fingerprint density at radius 2 is 1.67 bits per heavy atom. The van der Waals surface area contributed by atoms with E-state index in [4.69, 9.17) is 33.0 Å². The van der Waals surface area contributed by atoms with E-state index < -0.39 is 51.1 Å². The first-order valence-electron chi connectivity index (χ1n) is 14.0. The normalized spacial score (nSPS) is 32.1. The zero-order chi connectivity index (χ0) is 30.0. The number of allylic oxidation sites excluding steroid dienone is 2. The van der Waals surface area contributed by atoms with E-state index in [0.717, 1.165) is 17.0 Å². The minimum absolute atomic E-state index is 0.0906. The van der Waals surface area contributed by atoms with Gasteiger partial charge in [0.25, 0.3) is 11.8 Å². The highest BCUT2D eigenvalue weighted by Crippen LogP contribution is 2.65. The van der Waals surface area contributed by atoms with E-state index in [9.17, 15) is 23.6 Å². The van der Waals surface area contributed by atoms with Crippen LogP contribution in [0.1, 0.15) is 37.7 Å². The summed E-state index contributed by atoms with van der Waals surface area (Å²) in [6.45, 7) is 2.11. The summed E-state index contributed by atoms with van der Waals surface area (Å²) in [4.78, 5) is 53.7. The fraction of sp³-hybridized carbons (Fsp3) is 0.419. The van der Waals surface area contributed by atoms with Gasteiger partial charge in [-0.25, -0.2) is 9.29 Å². The lowest BCUT2D eigenvalue weighted by Gasteiger charge is -2.50. The zero-order valence-electron chi connectivity index (χ0n) is 22.8. The second-order valence-electron chi connectivity index (χ2n) is 11.2. The number of carbonyl (C=O) groups is 4. The quantitative estimate of drug-likeness (QED) is 0.285. The number of amides is 4. The zero-order valence-corrected chi connectivity index (χ0v) is 24.3. The van der Waals surface area contributed by atoms with E-state index in [1.807, 2.05) is 13.0 Å². The maximum Gasteiger partial charge on any atom is 0.258 e. The summed E-state index contributed by atoms with van der Waals surface area (Å²) in [5.74, 6) is -4.97. The highest BCUT2D eigenvalue weighted by atomic mass is 35.5. The van der Waals surface area contributed by atoms with E-state index in [1.54, 1.807) is 24.3 Å². The van der Waals surface area contributed by atoms with Crippen LogP contribution in [-0.2, 0) is 19.2 Å². The van der Waals surface area contributed by atoms with E-state index >= 15 is 0 Å². The number of aliphatic hydroxyl groups is 1. The first-order valence-corrected chi connectivity index (χ1v) is 14.7. The highest BCUT2D eigenvalue weighted by Gasteiger charge is 2.76. The third-order valence-electron chi connectivity index (χ3n) is 9.01. The smallest absolute Gasteiger partial charge is 0.258 e. The number of fused-ring (bicyclic) bond motifs is 4. The predicted octanol–water partition coefficient (Wildman–Crippen LogP) is 4.17. The maximum absolute atomic E-state index is 14.3. The van der Waals surface area contributed by atoms with Crippen LogP contribution in [0.4, 0.5) is 10.1 Å². The number of ether oxygens (including phenoxy) is 1. The average molecular weight is 615 g/mol. The van der Waals surface area contributed by atoms with Crippen LogP contribution in [0.2, 0.25) is 0 Å². The summed E-state index contributed by atoms with van der Waals surface area (Å²) in [6.07, 6.45) is 2.66. The number of hydrogen-bond donors (Lipinski definition) is 1. The number of carbonyl (C=O) groups excluding carboxylic acids is 4. The Hall–Kier alpha value is -3.27. The van der Waals surface area contributed by atoms with Crippen molar-refractivity contribution < 1.29 is 33.4 Å². The standard InChI is InChI=1S/C31H29Cl2FN2O6/c1-2-13-35-26(38)22-12-11-21-23(24(22)27(35)39)16-30(32)28(40)36(19-7-5-18(34)6-8-19)29(41)31(30,33)25(21)17-3-9-20(10-4-17)42-15-14-37/h3-11,22-25,37H,2,12-16H2,1H3/t22-,23+,24-,25-,30+,31-/m0/s1. The van der Waals surface area contributed by atoms with E-state index in [0.29, 0.717) is 36.3 Å². The van der Waals surface area contributed by atoms with Gasteiger partial charge in [-0.15, -0.1) is 23.2 Å². The minimum atomic E-state index is -1.99. The third kappa shape index (κ3) is 3.97. The van der Waals surface area contributed by atoms with Gasteiger partial charge in [-0.1, -0.05) is 30.7 Å². The lowest BCUT2D eigenvalue weighted by Crippen LogP contribution is -2.60. The monoisotopic (exact) mass is 614 g/mol. The lowest BCUT2D eigenvalue weighted by atomic mass is 9.56. The number of halogens is 3. The molecule has 6 rings (SSSR count). The second-order valence-corrected chi connectivity index (χ2v) is 12.5. The first-order chi connectivity index (χ1) is 20.1. The Bertz CT molecular complexity index is 1500. The molecule has 2 aliphatic carbocycles. The van der Waals surface area contributed by atoms with Gasteiger partial charge in [-0.05, 0) is 67.1 Å². The molecular weight excluding hydrogens is 586 g/mol. The van der Waals surface area contributed by atoms with Gasteiger partial charge in [0, 0.05) is 12.5 Å². The second kappa shape index (κ2) is 10.5. The summed E-state index contributed by atoms with van der Waals surface area (Å²) >= 11 is 14.6. The molecule has 0 bridgehead atoms. The molecule has 3 fully saturated rings. The molecule has 2 aromatic carbocycles. The largest absolute Gasteiger partial charge is 0.491 e. The number of anilines is 1. The SMILES string of the molecule is CCCN1C(=O)[C@H]2[C@H](CC=C3[C@H]2C[C@@]2(Cl)C(=O)N(c4ccc(F)cc4)C(=O)[C@@]2(Cl)[C@H]3c2ccc(OCCO)cc2)C1=O. The molecule has 0 radical (unpaired) electrons. The van der Waals surface area contributed by atoms with E-state index in [2.05, 4.69) is 0 Å². The molecule has 2 aliphatic heterocycles. The molecule has 0 unspecified atom stereocenters. The minimum Gasteiger partial charge on any atom is -0.491 e. The van der Waals surface area contributed by atoms with Crippen molar-refractivity contribution in [3.63, 3.8) is 0 Å². The fourth-order valence-corrected chi connectivity index (χ4v) is 8.14. The molecule has 6 atom stereocenters. The highest BCUT2D eigenvalue weighted by molar-refractivity contribution is 6.58. The predicted molar refractivity (Wildman–Crippen MR) is 153 cm³/mol. The Morgan fingerprint density at radius 1 is 0.976 bits per heavy atom. The molecule has 11 heteroatoms. The molecule has 0 aromatic heterocycles. The van der Waals surface area contributed by atoms with Crippen molar-refractivity contribution in [1.29, 1.82) is 0 Å². The molecule has 2 heterocycles. The third-order valence-corrected chi connectivity index (χ3v) is 10.4. The molecule has 1 N–H and O–H groups in total. The summed E-state index contributed by atoms with van der Waals surface area (Å²) in [5.41, 5.74) is 1.39. The van der Waals surface area contributed by atoms with Gasteiger partial charge in [-0.2, -0.15) is 0 Å². The molecular formula is C31H29Cl2FN2O6. The number of rotatable bonds is 7. The number of alkyl halides is 2. The number of aliphatic hydroxyl groups excluding tert-OH is 1. The molecule has 220 valence electrons. The van der Waals surface area contributed by atoms with Gasteiger partial charge < -0.3 is 9.84 Å². The van der Waals surface area contributed by atoms with Crippen LogP contribution in [0.5, 0.6) is 5.75 Å². The van der Waals surface area contributed by atoms with Gasteiger partial charge in [0.05, 0.1) is 24.1 Å². The van der Waals surface area contributed by atoms with Crippen LogP contribution in [0, 0.1) is 23.6 Å². The van der Waals surface area contributed by atoms with Gasteiger partial charge in [0.2, 0.25) is 11.8 Å². The Labute approximate surface area is 252 Å². The van der Waals surface area contributed by atoms with E-state index in [-0.39, 0.29) is 37.1 Å². The molecule has 0 spiro atoms. The summed E-state index contributed by atoms with van der Waals surface area (Å²) in [6, 6.07) is 11.7. The van der Waals surface area contributed by atoms with Gasteiger partial charge in [-0.3, -0.25) is 24.1 Å². The fourth-order valence-electron chi connectivity index (χ4n) is 7.20. The van der Waals surface area contributed by atoms with Crippen molar-refractivity contribution in [3.8, 4) is 5.75 Å². The number of likely N-dealkylation sites (tertiary alicyclic amines) is 1. The molecule has 42 heavy (non-hydrogen) atoms. The molecule has 1 saturated carbocycles. The number of benzene rings is 2. The molecule has 4 aliphatic rings. The number of hydrogen-bond acceptors (Lipinski definition) is 6. The van der Waals surface area contributed by atoms with Crippen molar-refractivity contribution in [2.75, 3.05) is 24.7 Å². The summed E-state index contributed by atoms with van der Waals surface area (Å²) in [7, 11) is 0. The maximum atomic E-state index is 14.3. The Kier molecular flexibility index (Phi) is 7.19. The average Bonchev–Trinajstić information content (AvgIpc) is 3.31. The Balaban J connectivity index is 1.51. The van der Waals surface area contributed by atoms with Crippen molar-refractivity contribution in [2.24, 2.45) is 17.8 Å². The van der Waals surface area contributed by atoms with Gasteiger partial charge in [0.15, 0.2) is 9.75 Å². The first kappa shape index (κ1) is 28.8. The van der Waals surface area contributed by atoms with Crippen LogP contribution in [0.3, 0.4) is 0 Å². The van der Waals surface area contributed by atoms with Crippen LogP contribution < -0.4 is 9.64 Å². The molecule has 8 nitrogen and oxygen atoms in total. The number of imide groups is 2. The van der Waals surface area contributed by atoms with Crippen molar-refractivity contribution >= 4 is 52.5 Å².